The Labute approximate surface area is 114 Å². The molecule has 0 aromatic rings. The average Bonchev–Trinajstić information content (AvgIpc) is 2.39. The minimum absolute atomic E-state index is 0.530. The Kier molecular flexibility index (Phi) is 13.7. The van der Waals surface area contributed by atoms with Gasteiger partial charge >= 0.3 is 8.25 Å². The molecule has 18 heavy (non-hydrogen) atoms. The summed E-state index contributed by atoms with van der Waals surface area (Å²) < 4.78 is 22.0. The summed E-state index contributed by atoms with van der Waals surface area (Å²) in [6, 6.07) is 0. The summed E-state index contributed by atoms with van der Waals surface area (Å²) in [5.74, 6) is 0.530. The van der Waals surface area contributed by atoms with Crippen LogP contribution in [0, 0.1) is 5.92 Å². The summed E-state index contributed by atoms with van der Waals surface area (Å²) in [6.07, 6.45) is 9.26. The molecule has 0 aromatic carbocycles. The Morgan fingerprint density at radius 1 is 0.944 bits per heavy atom. The molecule has 0 aromatic heterocycles. The van der Waals surface area contributed by atoms with Gasteiger partial charge in [0.05, 0.1) is 13.2 Å². The van der Waals surface area contributed by atoms with E-state index in [1.165, 1.54) is 32.1 Å². The summed E-state index contributed by atoms with van der Waals surface area (Å²) in [4.78, 5) is 0. The van der Waals surface area contributed by atoms with Crippen LogP contribution >= 0.6 is 8.25 Å². The molecule has 0 bridgehead atoms. The van der Waals surface area contributed by atoms with Gasteiger partial charge in [-0.1, -0.05) is 59.3 Å². The zero-order chi connectivity index (χ0) is 13.6. The van der Waals surface area contributed by atoms with Gasteiger partial charge in [0.15, 0.2) is 0 Å². The van der Waals surface area contributed by atoms with Gasteiger partial charge in [0, 0.05) is 0 Å². The molecular formula is C14H31O3P. The predicted molar refractivity (Wildman–Crippen MR) is 78.4 cm³/mol. The van der Waals surface area contributed by atoms with Crippen molar-refractivity contribution in [3.05, 3.63) is 0 Å². The first-order valence-electron chi connectivity index (χ1n) is 7.54. The smallest absolute Gasteiger partial charge is 0.311 e. The topological polar surface area (TPSA) is 35.5 Å². The predicted octanol–water partition coefficient (Wildman–Crippen LogP) is 5.21. The second kappa shape index (κ2) is 13.6. The van der Waals surface area contributed by atoms with E-state index < -0.39 is 8.25 Å². The van der Waals surface area contributed by atoms with Crippen LogP contribution in [0.25, 0.3) is 0 Å². The number of hydrogen-bond donors (Lipinski definition) is 0. The molecule has 3 nitrogen and oxygen atoms in total. The van der Waals surface area contributed by atoms with Gasteiger partial charge in [0.25, 0.3) is 0 Å². The van der Waals surface area contributed by atoms with E-state index in [2.05, 4.69) is 20.8 Å². The first-order valence-corrected chi connectivity index (χ1v) is 8.76. The van der Waals surface area contributed by atoms with Crippen molar-refractivity contribution in [2.45, 2.75) is 72.1 Å². The quantitative estimate of drug-likeness (QED) is 0.343. The molecule has 0 saturated heterocycles. The van der Waals surface area contributed by atoms with Gasteiger partial charge in [0.2, 0.25) is 0 Å². The van der Waals surface area contributed by atoms with Crippen molar-refractivity contribution in [2.75, 3.05) is 13.2 Å². The molecule has 0 rings (SSSR count). The van der Waals surface area contributed by atoms with Gasteiger partial charge in [-0.3, -0.25) is 4.57 Å². The van der Waals surface area contributed by atoms with Gasteiger partial charge in [0.1, 0.15) is 0 Å². The van der Waals surface area contributed by atoms with E-state index in [0.717, 1.165) is 19.3 Å². The van der Waals surface area contributed by atoms with Crippen molar-refractivity contribution in [1.82, 2.24) is 0 Å². The first kappa shape index (κ1) is 18.1. The summed E-state index contributed by atoms with van der Waals surface area (Å²) >= 11 is 0. The second-order valence-electron chi connectivity index (χ2n) is 4.89. The molecule has 0 heterocycles. The lowest BCUT2D eigenvalue weighted by Crippen LogP contribution is -2.06. The van der Waals surface area contributed by atoms with E-state index >= 15 is 0 Å². The van der Waals surface area contributed by atoms with Crippen LogP contribution in [-0.4, -0.2) is 13.2 Å². The molecule has 0 radical (unpaired) electrons. The van der Waals surface area contributed by atoms with Crippen LogP contribution in [0.15, 0.2) is 0 Å². The molecule has 0 spiro atoms. The minimum Gasteiger partial charge on any atom is -0.311 e. The van der Waals surface area contributed by atoms with Crippen LogP contribution in [0.4, 0.5) is 0 Å². The Bertz CT molecular complexity index is 197. The lowest BCUT2D eigenvalue weighted by molar-refractivity contribution is 0.187. The van der Waals surface area contributed by atoms with Crippen LogP contribution in [0.2, 0.25) is 0 Å². The molecule has 2 atom stereocenters. The zero-order valence-corrected chi connectivity index (χ0v) is 13.4. The lowest BCUT2D eigenvalue weighted by Gasteiger charge is -2.14. The van der Waals surface area contributed by atoms with Gasteiger partial charge in [-0.05, 0) is 18.8 Å². The third kappa shape index (κ3) is 11.3. The third-order valence-electron chi connectivity index (χ3n) is 3.20. The van der Waals surface area contributed by atoms with Crippen molar-refractivity contribution < 1.29 is 13.6 Å². The summed E-state index contributed by atoms with van der Waals surface area (Å²) in [7, 11) is -2.26. The van der Waals surface area contributed by atoms with E-state index in [1.54, 1.807) is 0 Å². The fourth-order valence-electron chi connectivity index (χ4n) is 1.81. The maximum absolute atomic E-state index is 11.5. The van der Waals surface area contributed by atoms with Crippen molar-refractivity contribution >= 4 is 8.25 Å². The number of hydrogen-bond acceptors (Lipinski definition) is 3. The molecule has 2 unspecified atom stereocenters. The Hall–Kier alpha value is 0.150. The number of unbranched alkanes of at least 4 members (excludes halogenated alkanes) is 4. The van der Waals surface area contributed by atoms with Crippen LogP contribution in [-0.2, 0) is 13.6 Å². The second-order valence-corrected chi connectivity index (χ2v) is 5.96. The zero-order valence-electron chi connectivity index (χ0n) is 12.4. The highest BCUT2D eigenvalue weighted by Crippen LogP contribution is 2.27. The molecule has 0 saturated carbocycles. The van der Waals surface area contributed by atoms with E-state index in [0.29, 0.717) is 19.1 Å². The largest absolute Gasteiger partial charge is 0.319 e. The Balaban J connectivity index is 3.49. The molecule has 110 valence electrons. The molecule has 0 fully saturated rings. The highest BCUT2D eigenvalue weighted by Gasteiger charge is 2.08. The first-order chi connectivity index (χ1) is 8.74. The third-order valence-corrected chi connectivity index (χ3v) is 4.04. The van der Waals surface area contributed by atoms with E-state index in [9.17, 15) is 4.57 Å². The van der Waals surface area contributed by atoms with Crippen molar-refractivity contribution in [3.8, 4) is 0 Å². The van der Waals surface area contributed by atoms with Gasteiger partial charge in [-0.2, -0.15) is 0 Å². The maximum Gasteiger partial charge on any atom is 0.319 e. The summed E-state index contributed by atoms with van der Waals surface area (Å²) in [5, 5.41) is 0. The monoisotopic (exact) mass is 278 g/mol. The van der Waals surface area contributed by atoms with Crippen molar-refractivity contribution in [1.29, 1.82) is 0 Å². The van der Waals surface area contributed by atoms with Gasteiger partial charge in [-0.15, -0.1) is 0 Å². The van der Waals surface area contributed by atoms with E-state index in [-0.39, 0.29) is 0 Å². The van der Waals surface area contributed by atoms with E-state index in [1.807, 2.05) is 0 Å². The van der Waals surface area contributed by atoms with Crippen LogP contribution < -0.4 is 0 Å². The van der Waals surface area contributed by atoms with Crippen LogP contribution in [0.5, 0.6) is 0 Å². The minimum atomic E-state index is -2.26. The molecule has 0 amide bonds. The van der Waals surface area contributed by atoms with E-state index in [4.69, 9.17) is 9.05 Å². The Morgan fingerprint density at radius 2 is 1.67 bits per heavy atom. The molecule has 4 heteroatoms. The van der Waals surface area contributed by atoms with Crippen molar-refractivity contribution in [2.24, 2.45) is 5.92 Å². The number of rotatable bonds is 13. The fourth-order valence-corrected chi connectivity index (χ4v) is 2.58. The normalized spacial score (nSPS) is 14.6. The molecule has 0 N–H and O–H groups in total. The standard InChI is InChI=1S/C14H31O3P/c1-4-7-9-10-12-16-18(15)17-13-14(6-3)11-8-5-2/h14,18H,4-13H2,1-3H3. The fraction of sp³-hybridized carbons (Fsp3) is 1.00. The lowest BCUT2D eigenvalue weighted by atomic mass is 10.0. The SMILES string of the molecule is CCCCCCO[PH](=O)OCC(CC)CCCC. The summed E-state index contributed by atoms with van der Waals surface area (Å²) in [5.41, 5.74) is 0. The van der Waals surface area contributed by atoms with Crippen LogP contribution in [0.3, 0.4) is 0 Å². The van der Waals surface area contributed by atoms with Crippen molar-refractivity contribution in [3.63, 3.8) is 0 Å². The molecule has 0 aliphatic heterocycles. The van der Waals surface area contributed by atoms with Crippen LogP contribution in [0.1, 0.15) is 72.1 Å². The summed E-state index contributed by atoms with van der Waals surface area (Å²) in [6.45, 7) is 7.68. The van der Waals surface area contributed by atoms with Gasteiger partial charge < -0.3 is 9.05 Å². The molecule has 0 aliphatic rings. The molecular weight excluding hydrogens is 247 g/mol. The average molecular weight is 278 g/mol. The Morgan fingerprint density at radius 3 is 2.28 bits per heavy atom. The highest BCUT2D eigenvalue weighted by atomic mass is 31.1. The molecule has 0 aliphatic carbocycles. The maximum atomic E-state index is 11.5. The van der Waals surface area contributed by atoms with Gasteiger partial charge in [-0.25, -0.2) is 0 Å². The highest BCUT2D eigenvalue weighted by molar-refractivity contribution is 7.33.